The van der Waals surface area contributed by atoms with Crippen LogP contribution in [-0.2, 0) is 0 Å². The molecule has 0 aliphatic carbocycles. The fourth-order valence-electron chi connectivity index (χ4n) is 2.84. The zero-order valence-electron chi connectivity index (χ0n) is 12.4. The van der Waals surface area contributed by atoms with Crippen LogP contribution in [-0.4, -0.2) is 21.7 Å². The quantitative estimate of drug-likeness (QED) is 0.562. The molecule has 0 amide bonds. The number of rotatable bonds is 2. The summed E-state index contributed by atoms with van der Waals surface area (Å²) in [7, 11) is 1.67. The topological polar surface area (TPSA) is 39.4 Å². The van der Waals surface area contributed by atoms with E-state index >= 15 is 0 Å². The first kappa shape index (κ1) is 12.8. The maximum Gasteiger partial charge on any atom is 0.169 e. The van der Waals surface area contributed by atoms with Gasteiger partial charge in [-0.1, -0.05) is 36.4 Å². The summed E-state index contributed by atoms with van der Waals surface area (Å²) in [4.78, 5) is 0. The van der Waals surface area contributed by atoms with Crippen LogP contribution in [0.2, 0.25) is 0 Å². The first-order chi connectivity index (χ1) is 10.8. The summed E-state index contributed by atoms with van der Waals surface area (Å²) in [6.45, 7) is 2.08. The SMILES string of the molecule is COc1ccc2cc(C)n3c(-c4ccccc4)nnc3c2c1. The number of nitrogens with zero attached hydrogens (tertiary/aromatic N) is 3. The number of fused-ring (bicyclic) bond motifs is 3. The fourth-order valence-corrected chi connectivity index (χ4v) is 2.84. The second-order valence-electron chi connectivity index (χ2n) is 5.29. The first-order valence-corrected chi connectivity index (χ1v) is 7.16. The van der Waals surface area contributed by atoms with E-state index < -0.39 is 0 Å². The number of pyridine rings is 1. The molecule has 0 aliphatic heterocycles. The largest absolute Gasteiger partial charge is 0.497 e. The average Bonchev–Trinajstić information content (AvgIpc) is 3.01. The second-order valence-corrected chi connectivity index (χ2v) is 5.29. The lowest BCUT2D eigenvalue weighted by Crippen LogP contribution is -1.96. The van der Waals surface area contributed by atoms with Gasteiger partial charge in [0, 0.05) is 16.6 Å². The Kier molecular flexibility index (Phi) is 2.82. The van der Waals surface area contributed by atoms with E-state index in [1.54, 1.807) is 7.11 Å². The van der Waals surface area contributed by atoms with Crippen LogP contribution in [0.5, 0.6) is 5.75 Å². The Labute approximate surface area is 128 Å². The van der Waals surface area contributed by atoms with E-state index in [1.807, 2.05) is 42.5 Å². The van der Waals surface area contributed by atoms with Gasteiger partial charge in [0.05, 0.1) is 7.11 Å². The molecule has 0 spiro atoms. The highest BCUT2D eigenvalue weighted by atomic mass is 16.5. The Morgan fingerprint density at radius 2 is 1.77 bits per heavy atom. The summed E-state index contributed by atoms with van der Waals surface area (Å²) in [6.07, 6.45) is 0. The van der Waals surface area contributed by atoms with Crippen molar-refractivity contribution in [2.24, 2.45) is 0 Å². The van der Waals surface area contributed by atoms with Crippen LogP contribution >= 0.6 is 0 Å². The number of methoxy groups -OCH3 is 1. The normalized spacial score (nSPS) is 11.2. The van der Waals surface area contributed by atoms with E-state index in [2.05, 4.69) is 33.7 Å². The third-order valence-corrected chi connectivity index (χ3v) is 3.91. The van der Waals surface area contributed by atoms with Crippen LogP contribution in [0.3, 0.4) is 0 Å². The summed E-state index contributed by atoms with van der Waals surface area (Å²) in [5.41, 5.74) is 3.02. The average molecular weight is 289 g/mol. The molecule has 22 heavy (non-hydrogen) atoms. The zero-order valence-corrected chi connectivity index (χ0v) is 12.4. The fraction of sp³-hybridized carbons (Fsp3) is 0.111. The molecule has 0 unspecified atom stereocenters. The molecule has 2 aromatic carbocycles. The molecule has 4 aromatic rings. The first-order valence-electron chi connectivity index (χ1n) is 7.16. The number of benzene rings is 2. The van der Waals surface area contributed by atoms with Crippen molar-refractivity contribution in [1.29, 1.82) is 0 Å². The molecular weight excluding hydrogens is 274 g/mol. The molecule has 2 aromatic heterocycles. The Morgan fingerprint density at radius 3 is 2.55 bits per heavy atom. The van der Waals surface area contributed by atoms with Crippen molar-refractivity contribution in [1.82, 2.24) is 14.6 Å². The van der Waals surface area contributed by atoms with Crippen molar-refractivity contribution < 1.29 is 4.74 Å². The number of ether oxygens (including phenoxy) is 1. The van der Waals surface area contributed by atoms with E-state index in [1.165, 1.54) is 0 Å². The minimum atomic E-state index is 0.822. The third-order valence-electron chi connectivity index (χ3n) is 3.91. The lowest BCUT2D eigenvalue weighted by Gasteiger charge is -2.08. The molecule has 0 radical (unpaired) electrons. The molecule has 0 atom stereocenters. The molecule has 0 fully saturated rings. The van der Waals surface area contributed by atoms with Crippen molar-refractivity contribution in [2.75, 3.05) is 7.11 Å². The van der Waals surface area contributed by atoms with Crippen LogP contribution in [0.4, 0.5) is 0 Å². The molecule has 4 nitrogen and oxygen atoms in total. The van der Waals surface area contributed by atoms with Gasteiger partial charge >= 0.3 is 0 Å². The monoisotopic (exact) mass is 289 g/mol. The minimum Gasteiger partial charge on any atom is -0.497 e. The molecule has 0 saturated heterocycles. The molecule has 0 saturated carbocycles. The van der Waals surface area contributed by atoms with Crippen molar-refractivity contribution in [3.05, 3.63) is 60.3 Å². The molecule has 0 aliphatic rings. The maximum absolute atomic E-state index is 5.34. The summed E-state index contributed by atoms with van der Waals surface area (Å²) in [5, 5.41) is 11.0. The predicted molar refractivity (Wildman–Crippen MR) is 87.2 cm³/mol. The zero-order chi connectivity index (χ0) is 15.1. The Morgan fingerprint density at radius 1 is 0.955 bits per heavy atom. The number of aromatic nitrogens is 3. The summed E-state index contributed by atoms with van der Waals surface area (Å²) >= 11 is 0. The maximum atomic E-state index is 5.34. The lowest BCUT2D eigenvalue weighted by atomic mass is 10.1. The summed E-state index contributed by atoms with van der Waals surface area (Å²) in [5.74, 6) is 1.68. The summed E-state index contributed by atoms with van der Waals surface area (Å²) < 4.78 is 7.43. The van der Waals surface area contributed by atoms with Crippen LogP contribution in [0.15, 0.2) is 54.6 Å². The van der Waals surface area contributed by atoms with Crippen LogP contribution in [0.25, 0.3) is 27.8 Å². The Balaban J connectivity index is 2.09. The number of aryl methyl sites for hydroxylation is 1. The van der Waals surface area contributed by atoms with Gasteiger partial charge in [-0.2, -0.15) is 0 Å². The van der Waals surface area contributed by atoms with E-state index in [9.17, 15) is 0 Å². The Bertz CT molecular complexity index is 974. The van der Waals surface area contributed by atoms with Gasteiger partial charge in [0.1, 0.15) is 5.75 Å². The molecule has 4 heteroatoms. The van der Waals surface area contributed by atoms with Gasteiger partial charge in [-0.05, 0) is 30.5 Å². The van der Waals surface area contributed by atoms with Gasteiger partial charge in [0.2, 0.25) is 0 Å². The lowest BCUT2D eigenvalue weighted by molar-refractivity contribution is 0.415. The van der Waals surface area contributed by atoms with Crippen molar-refractivity contribution >= 4 is 16.4 Å². The van der Waals surface area contributed by atoms with Crippen LogP contribution in [0.1, 0.15) is 5.69 Å². The second kappa shape index (κ2) is 4.84. The highest BCUT2D eigenvalue weighted by Gasteiger charge is 2.13. The van der Waals surface area contributed by atoms with Gasteiger partial charge in [0.25, 0.3) is 0 Å². The van der Waals surface area contributed by atoms with Crippen molar-refractivity contribution in [2.45, 2.75) is 6.92 Å². The van der Waals surface area contributed by atoms with E-state index in [-0.39, 0.29) is 0 Å². The van der Waals surface area contributed by atoms with E-state index in [0.29, 0.717) is 0 Å². The predicted octanol–water partition coefficient (Wildman–Crippen LogP) is 3.87. The van der Waals surface area contributed by atoms with Crippen molar-refractivity contribution in [3.63, 3.8) is 0 Å². The molecule has 0 bridgehead atoms. The number of hydrogen-bond donors (Lipinski definition) is 0. The van der Waals surface area contributed by atoms with E-state index in [0.717, 1.165) is 39.3 Å². The van der Waals surface area contributed by atoms with Gasteiger partial charge < -0.3 is 4.74 Å². The summed E-state index contributed by atoms with van der Waals surface area (Å²) in [6, 6.07) is 18.3. The van der Waals surface area contributed by atoms with Gasteiger partial charge in [-0.25, -0.2) is 0 Å². The van der Waals surface area contributed by atoms with Gasteiger partial charge in [-0.15, -0.1) is 10.2 Å². The van der Waals surface area contributed by atoms with E-state index in [4.69, 9.17) is 4.74 Å². The molecular formula is C18H15N3O. The van der Waals surface area contributed by atoms with Crippen molar-refractivity contribution in [3.8, 4) is 17.1 Å². The highest BCUT2D eigenvalue weighted by molar-refractivity contribution is 5.96. The highest BCUT2D eigenvalue weighted by Crippen LogP contribution is 2.28. The minimum absolute atomic E-state index is 0.822. The van der Waals surface area contributed by atoms with Gasteiger partial charge in [0.15, 0.2) is 11.5 Å². The van der Waals surface area contributed by atoms with Crippen LogP contribution < -0.4 is 4.74 Å². The molecule has 2 heterocycles. The molecule has 0 N–H and O–H groups in total. The third kappa shape index (κ3) is 1.84. The smallest absolute Gasteiger partial charge is 0.169 e. The van der Waals surface area contributed by atoms with Gasteiger partial charge in [-0.3, -0.25) is 4.40 Å². The Hall–Kier alpha value is -2.88. The molecule has 108 valence electrons. The number of hydrogen-bond acceptors (Lipinski definition) is 3. The van der Waals surface area contributed by atoms with Crippen LogP contribution in [0, 0.1) is 6.92 Å². The standard InChI is InChI=1S/C18H15N3O/c1-12-10-14-8-9-15(22-2)11-16(14)18-20-19-17(21(12)18)13-6-4-3-5-7-13/h3-11H,1-2H3. The molecule has 4 rings (SSSR count).